The molecule has 0 radical (unpaired) electrons. The molecule has 1 rings (SSSR count). The summed E-state index contributed by atoms with van der Waals surface area (Å²) in [5.74, 6) is -0.517. The number of aliphatic hydroxyl groups excluding tert-OH is 4. The Morgan fingerprint density at radius 3 is 2.44 bits per heavy atom. The maximum absolute atomic E-state index is 10.6. The van der Waals surface area contributed by atoms with Crippen molar-refractivity contribution in [1.29, 1.82) is 0 Å². The molecule has 1 amide bonds. The number of ether oxygens (including phenoxy) is 1. The molecule has 5 atom stereocenters. The molecule has 16 heavy (non-hydrogen) atoms. The number of carbonyl (C=O) groups is 1. The highest BCUT2D eigenvalue weighted by molar-refractivity contribution is 5.71. The van der Waals surface area contributed by atoms with Crippen molar-refractivity contribution in [3.8, 4) is 0 Å². The smallest absolute Gasteiger partial charge is 0.240 e. The fourth-order valence-corrected chi connectivity index (χ4v) is 1.31. The molecule has 0 unspecified atom stereocenters. The van der Waals surface area contributed by atoms with E-state index in [1.54, 1.807) is 0 Å². The maximum atomic E-state index is 10.6. The van der Waals surface area contributed by atoms with Crippen molar-refractivity contribution in [1.82, 2.24) is 5.48 Å². The summed E-state index contributed by atoms with van der Waals surface area (Å²) in [6, 6.07) is 0. The van der Waals surface area contributed by atoms with Crippen LogP contribution in [-0.4, -0.2) is 63.6 Å². The number of rotatable bonds is 3. The molecule has 5 N–H and O–H groups in total. The normalized spacial score (nSPS) is 39.4. The Labute approximate surface area is 91.4 Å². The van der Waals surface area contributed by atoms with E-state index in [0.717, 1.165) is 0 Å². The second kappa shape index (κ2) is 5.53. The van der Waals surface area contributed by atoms with Crippen molar-refractivity contribution in [3.05, 3.63) is 0 Å². The summed E-state index contributed by atoms with van der Waals surface area (Å²) < 4.78 is 4.93. The number of carbonyl (C=O) groups excluding carboxylic acids is 1. The van der Waals surface area contributed by atoms with E-state index in [2.05, 4.69) is 4.84 Å². The first-order chi connectivity index (χ1) is 7.47. The van der Waals surface area contributed by atoms with Crippen LogP contribution in [0.25, 0.3) is 0 Å². The Balaban J connectivity index is 2.60. The van der Waals surface area contributed by atoms with Crippen LogP contribution in [0.3, 0.4) is 0 Å². The van der Waals surface area contributed by atoms with Crippen molar-refractivity contribution in [3.63, 3.8) is 0 Å². The van der Waals surface area contributed by atoms with Crippen LogP contribution in [0.15, 0.2) is 0 Å². The van der Waals surface area contributed by atoms with Gasteiger partial charge >= 0.3 is 0 Å². The first-order valence-electron chi connectivity index (χ1n) is 4.70. The summed E-state index contributed by atoms with van der Waals surface area (Å²) in [5, 5.41) is 37.0. The minimum Gasteiger partial charge on any atom is -0.394 e. The Bertz CT molecular complexity index is 247. The van der Waals surface area contributed by atoms with E-state index in [1.165, 1.54) is 6.92 Å². The first-order valence-corrected chi connectivity index (χ1v) is 4.70. The maximum Gasteiger partial charge on any atom is 0.240 e. The molecular formula is C8H15NO7. The largest absolute Gasteiger partial charge is 0.394 e. The number of amides is 1. The van der Waals surface area contributed by atoms with Crippen molar-refractivity contribution in [2.24, 2.45) is 0 Å². The van der Waals surface area contributed by atoms with Crippen molar-refractivity contribution < 1.29 is 34.8 Å². The molecule has 1 fully saturated rings. The van der Waals surface area contributed by atoms with Gasteiger partial charge in [-0.2, -0.15) is 0 Å². The molecule has 0 aromatic rings. The van der Waals surface area contributed by atoms with Crippen molar-refractivity contribution >= 4 is 5.91 Å². The van der Waals surface area contributed by atoms with Gasteiger partial charge in [0.1, 0.15) is 24.4 Å². The molecule has 1 aliphatic rings. The van der Waals surface area contributed by atoms with Gasteiger partial charge in [0.05, 0.1) is 6.61 Å². The SMILES string of the molecule is CC(=O)NO[C@H]1O[C@H](CO)[C@H](O)[C@H](O)[C@H]1O. The van der Waals surface area contributed by atoms with Gasteiger partial charge < -0.3 is 25.2 Å². The Kier molecular flexibility index (Phi) is 4.59. The first kappa shape index (κ1) is 13.3. The fourth-order valence-electron chi connectivity index (χ4n) is 1.31. The lowest BCUT2D eigenvalue weighted by molar-refractivity contribution is -0.313. The third kappa shape index (κ3) is 2.88. The molecule has 1 saturated heterocycles. The summed E-state index contributed by atoms with van der Waals surface area (Å²) in [6.07, 6.45) is -6.90. The van der Waals surface area contributed by atoms with E-state index in [9.17, 15) is 20.1 Å². The number of aliphatic hydroxyl groups is 4. The fraction of sp³-hybridized carbons (Fsp3) is 0.875. The second-order valence-corrected chi connectivity index (χ2v) is 3.47. The number of hydrogen-bond acceptors (Lipinski definition) is 7. The van der Waals surface area contributed by atoms with Gasteiger partial charge in [0.2, 0.25) is 12.2 Å². The summed E-state index contributed by atoms with van der Waals surface area (Å²) in [7, 11) is 0. The van der Waals surface area contributed by atoms with Gasteiger partial charge in [0.25, 0.3) is 0 Å². The third-order valence-electron chi connectivity index (χ3n) is 2.17. The molecule has 0 aliphatic carbocycles. The lowest BCUT2D eigenvalue weighted by Gasteiger charge is -2.38. The van der Waals surface area contributed by atoms with Gasteiger partial charge in [0.15, 0.2) is 0 Å². The predicted octanol–water partition coefficient (Wildman–Crippen LogP) is -3.15. The highest BCUT2D eigenvalue weighted by atomic mass is 16.8. The standard InChI is InChI=1S/C8H15NO7/c1-3(11)9-16-8-7(14)6(13)5(12)4(2-10)15-8/h4-8,10,12-14H,2H2,1H3,(H,9,11)/t4-,5+,6+,7-,8-/m1/s1. The van der Waals surface area contributed by atoms with Gasteiger partial charge in [-0.15, -0.1) is 0 Å². The minimum absolute atomic E-state index is 0.517. The zero-order chi connectivity index (χ0) is 12.3. The number of hydroxylamine groups is 1. The molecule has 0 saturated carbocycles. The van der Waals surface area contributed by atoms with E-state index in [1.807, 2.05) is 5.48 Å². The Hall–Kier alpha value is -0.770. The van der Waals surface area contributed by atoms with E-state index in [-0.39, 0.29) is 0 Å². The molecule has 0 spiro atoms. The topological polar surface area (TPSA) is 128 Å². The van der Waals surface area contributed by atoms with Gasteiger partial charge in [-0.1, -0.05) is 0 Å². The van der Waals surface area contributed by atoms with E-state index < -0.39 is 43.2 Å². The zero-order valence-electron chi connectivity index (χ0n) is 8.61. The molecule has 8 heteroatoms. The lowest BCUT2D eigenvalue weighted by atomic mass is 9.99. The van der Waals surface area contributed by atoms with Crippen molar-refractivity contribution in [2.45, 2.75) is 37.6 Å². The summed E-state index contributed by atoms with van der Waals surface area (Å²) >= 11 is 0. The third-order valence-corrected chi connectivity index (χ3v) is 2.17. The van der Waals surface area contributed by atoms with Crippen LogP contribution in [-0.2, 0) is 14.4 Å². The van der Waals surface area contributed by atoms with Gasteiger partial charge in [-0.3, -0.25) is 4.79 Å². The van der Waals surface area contributed by atoms with Crippen LogP contribution in [0, 0.1) is 0 Å². The zero-order valence-corrected chi connectivity index (χ0v) is 8.61. The van der Waals surface area contributed by atoms with E-state index >= 15 is 0 Å². The van der Waals surface area contributed by atoms with Crippen LogP contribution in [0.5, 0.6) is 0 Å². The molecule has 8 nitrogen and oxygen atoms in total. The van der Waals surface area contributed by atoms with Crippen LogP contribution < -0.4 is 5.48 Å². The Morgan fingerprint density at radius 1 is 1.31 bits per heavy atom. The highest BCUT2D eigenvalue weighted by Gasteiger charge is 2.44. The summed E-state index contributed by atoms with van der Waals surface area (Å²) in [6.45, 7) is 0.634. The molecule has 0 aromatic heterocycles. The predicted molar refractivity (Wildman–Crippen MR) is 48.7 cm³/mol. The highest BCUT2D eigenvalue weighted by Crippen LogP contribution is 2.21. The Morgan fingerprint density at radius 2 is 1.94 bits per heavy atom. The monoisotopic (exact) mass is 237 g/mol. The van der Waals surface area contributed by atoms with Crippen molar-refractivity contribution in [2.75, 3.05) is 6.61 Å². The molecule has 94 valence electrons. The second-order valence-electron chi connectivity index (χ2n) is 3.47. The molecule has 0 aromatic carbocycles. The average Bonchev–Trinajstić information content (AvgIpc) is 2.25. The summed E-state index contributed by atoms with van der Waals surface area (Å²) in [5.41, 5.74) is 1.93. The minimum atomic E-state index is -1.52. The molecule has 0 bridgehead atoms. The molecule has 1 aliphatic heterocycles. The molecular weight excluding hydrogens is 222 g/mol. The van der Waals surface area contributed by atoms with E-state index in [4.69, 9.17) is 9.84 Å². The van der Waals surface area contributed by atoms with Crippen LogP contribution >= 0.6 is 0 Å². The number of hydrogen-bond donors (Lipinski definition) is 5. The average molecular weight is 237 g/mol. The van der Waals surface area contributed by atoms with Gasteiger partial charge in [-0.25, -0.2) is 10.3 Å². The summed E-state index contributed by atoms with van der Waals surface area (Å²) in [4.78, 5) is 15.2. The quantitative estimate of drug-likeness (QED) is 0.328. The lowest BCUT2D eigenvalue weighted by Crippen LogP contribution is -2.60. The van der Waals surface area contributed by atoms with Crippen LogP contribution in [0.1, 0.15) is 6.92 Å². The van der Waals surface area contributed by atoms with Gasteiger partial charge in [-0.05, 0) is 0 Å². The molecule has 1 heterocycles. The van der Waals surface area contributed by atoms with E-state index in [0.29, 0.717) is 0 Å². The van der Waals surface area contributed by atoms with Crippen LogP contribution in [0.2, 0.25) is 0 Å². The number of nitrogens with one attached hydrogen (secondary N) is 1. The van der Waals surface area contributed by atoms with Gasteiger partial charge in [0, 0.05) is 6.92 Å². The van der Waals surface area contributed by atoms with Crippen LogP contribution in [0.4, 0.5) is 0 Å².